The predicted octanol–water partition coefficient (Wildman–Crippen LogP) is 4.84. The number of rotatable bonds is 3. The van der Waals surface area contributed by atoms with E-state index in [0.29, 0.717) is 5.02 Å². The molecule has 2 unspecified atom stereocenters. The largest absolute Gasteiger partial charge is 0.433 e. The second-order valence-electron chi connectivity index (χ2n) is 6.68. The normalized spacial score (nSPS) is 24.0. The molecule has 2 heterocycles. The molecule has 0 bridgehead atoms. The van der Waals surface area contributed by atoms with Crippen LogP contribution in [0.2, 0.25) is 5.02 Å². The van der Waals surface area contributed by atoms with Crippen LogP contribution in [0.25, 0.3) is 0 Å². The van der Waals surface area contributed by atoms with Crippen molar-refractivity contribution in [2.45, 2.75) is 41.8 Å². The Bertz CT molecular complexity index is 932. The van der Waals surface area contributed by atoms with Gasteiger partial charge in [-0.05, 0) is 49.6 Å². The third-order valence-corrected chi connectivity index (χ3v) is 7.45. The Morgan fingerprint density at radius 2 is 1.85 bits per heavy atom. The van der Waals surface area contributed by atoms with Crippen LogP contribution in [0.4, 0.5) is 13.2 Å². The maximum absolute atomic E-state index is 13.1. The highest BCUT2D eigenvalue weighted by Gasteiger charge is 2.46. The van der Waals surface area contributed by atoms with Gasteiger partial charge >= 0.3 is 6.18 Å². The van der Waals surface area contributed by atoms with E-state index in [1.165, 1.54) is 6.92 Å². The monoisotopic (exact) mass is 419 g/mol. The van der Waals surface area contributed by atoms with Gasteiger partial charge in [0, 0.05) is 11.6 Å². The summed E-state index contributed by atoms with van der Waals surface area (Å²) in [6.07, 6.45) is -4.94. The summed E-state index contributed by atoms with van der Waals surface area (Å²) < 4.78 is 69.4. The number of hydrogen-bond acceptors (Lipinski definition) is 4. The number of hydrogen-bond donors (Lipinski definition) is 0. The van der Waals surface area contributed by atoms with Gasteiger partial charge in [0.05, 0.1) is 10.9 Å². The third kappa shape index (κ3) is 3.97. The number of aromatic nitrogens is 1. The molecule has 0 spiro atoms. The van der Waals surface area contributed by atoms with Crippen molar-refractivity contribution in [1.82, 2.24) is 4.98 Å². The van der Waals surface area contributed by atoms with Crippen LogP contribution in [-0.4, -0.2) is 24.8 Å². The maximum Gasteiger partial charge on any atom is 0.433 e. The molecule has 0 radical (unpaired) electrons. The van der Waals surface area contributed by atoms with Gasteiger partial charge in [-0.1, -0.05) is 29.8 Å². The van der Waals surface area contributed by atoms with Crippen molar-refractivity contribution in [2.75, 3.05) is 6.61 Å². The van der Waals surface area contributed by atoms with Crippen molar-refractivity contribution in [3.05, 3.63) is 58.7 Å². The molecule has 1 aliphatic heterocycles. The summed E-state index contributed by atoms with van der Waals surface area (Å²) in [5, 5.41) is -0.0327. The Morgan fingerprint density at radius 1 is 1.19 bits per heavy atom. The molecule has 0 amide bonds. The van der Waals surface area contributed by atoms with E-state index in [4.69, 9.17) is 16.3 Å². The number of benzene rings is 1. The van der Waals surface area contributed by atoms with E-state index in [2.05, 4.69) is 4.98 Å². The highest BCUT2D eigenvalue weighted by atomic mass is 35.5. The van der Waals surface area contributed by atoms with E-state index in [1.54, 1.807) is 24.3 Å². The van der Waals surface area contributed by atoms with Gasteiger partial charge in [0.2, 0.25) is 9.84 Å². The van der Waals surface area contributed by atoms with Gasteiger partial charge in [-0.15, -0.1) is 0 Å². The van der Waals surface area contributed by atoms with Crippen LogP contribution in [0.1, 0.15) is 37.1 Å². The van der Waals surface area contributed by atoms with E-state index in [9.17, 15) is 21.6 Å². The van der Waals surface area contributed by atoms with Crippen LogP contribution in [-0.2, 0) is 20.8 Å². The fourth-order valence-electron chi connectivity index (χ4n) is 3.08. The summed E-state index contributed by atoms with van der Waals surface area (Å²) in [5.74, 6) is 0. The van der Waals surface area contributed by atoms with Gasteiger partial charge in [-0.25, -0.2) is 13.4 Å². The maximum atomic E-state index is 13.1. The average molecular weight is 420 g/mol. The van der Waals surface area contributed by atoms with Crippen molar-refractivity contribution < 1.29 is 26.3 Å². The molecule has 3 rings (SSSR count). The second-order valence-corrected chi connectivity index (χ2v) is 9.52. The van der Waals surface area contributed by atoms with Crippen LogP contribution < -0.4 is 0 Å². The lowest BCUT2D eigenvalue weighted by Crippen LogP contribution is -2.42. The Labute approximate surface area is 160 Å². The zero-order valence-corrected chi connectivity index (χ0v) is 15.9. The highest BCUT2D eigenvalue weighted by molar-refractivity contribution is 7.92. The first-order valence-electron chi connectivity index (χ1n) is 8.19. The minimum Gasteiger partial charge on any atom is -0.373 e. The quantitative estimate of drug-likeness (QED) is 0.714. The van der Waals surface area contributed by atoms with E-state index in [0.717, 1.165) is 23.8 Å². The Kier molecular flexibility index (Phi) is 5.26. The Balaban J connectivity index is 1.94. The Hall–Kier alpha value is -1.64. The van der Waals surface area contributed by atoms with Crippen LogP contribution in [0, 0.1) is 0 Å². The van der Waals surface area contributed by atoms with Crippen molar-refractivity contribution in [3.63, 3.8) is 0 Å². The number of halogens is 4. The van der Waals surface area contributed by atoms with Crippen molar-refractivity contribution in [2.24, 2.45) is 0 Å². The molecule has 2 atom stereocenters. The van der Waals surface area contributed by atoms with Crippen LogP contribution >= 0.6 is 11.6 Å². The summed E-state index contributed by atoms with van der Waals surface area (Å²) in [4.78, 5) is 3.37. The van der Waals surface area contributed by atoms with Crippen LogP contribution in [0.5, 0.6) is 0 Å². The van der Waals surface area contributed by atoms with Gasteiger partial charge in [-0.3, -0.25) is 0 Å². The fraction of sp³-hybridized carbons (Fsp3) is 0.389. The molecule has 1 aromatic carbocycles. The van der Waals surface area contributed by atoms with E-state index in [-0.39, 0.29) is 19.4 Å². The summed E-state index contributed by atoms with van der Waals surface area (Å²) in [6.45, 7) is 1.69. The first kappa shape index (κ1) is 20.1. The molecule has 1 aromatic heterocycles. The number of alkyl halides is 3. The van der Waals surface area contributed by atoms with Crippen molar-refractivity contribution in [1.29, 1.82) is 0 Å². The summed E-state index contributed by atoms with van der Waals surface area (Å²) in [5.41, 5.74) is -0.467. The second kappa shape index (κ2) is 7.07. The SMILES string of the molecule is CC1(S(=O)(=O)c2cccc(C(F)(F)F)n2)CCOC(c2ccc(Cl)cc2)C1. The minimum absolute atomic E-state index is 0.106. The predicted molar refractivity (Wildman–Crippen MR) is 94.2 cm³/mol. The first-order chi connectivity index (χ1) is 12.5. The van der Waals surface area contributed by atoms with Crippen molar-refractivity contribution >= 4 is 21.4 Å². The summed E-state index contributed by atoms with van der Waals surface area (Å²) >= 11 is 5.87. The summed E-state index contributed by atoms with van der Waals surface area (Å²) in [7, 11) is -4.11. The molecular weight excluding hydrogens is 403 g/mol. The minimum atomic E-state index is -4.71. The molecule has 2 aromatic rings. The molecular formula is C18H17ClF3NO3S. The fourth-order valence-corrected chi connectivity index (χ4v) is 4.91. The van der Waals surface area contributed by atoms with Gasteiger partial charge in [0.15, 0.2) is 5.03 Å². The Morgan fingerprint density at radius 3 is 2.48 bits per heavy atom. The lowest BCUT2D eigenvalue weighted by molar-refractivity contribution is -0.141. The van der Waals surface area contributed by atoms with E-state index < -0.39 is 37.6 Å². The van der Waals surface area contributed by atoms with Gasteiger partial charge in [0.25, 0.3) is 0 Å². The lowest BCUT2D eigenvalue weighted by Gasteiger charge is -2.37. The zero-order valence-electron chi connectivity index (χ0n) is 14.3. The first-order valence-corrected chi connectivity index (χ1v) is 10.0. The molecule has 1 fully saturated rings. The van der Waals surface area contributed by atoms with Crippen LogP contribution in [0.3, 0.4) is 0 Å². The smallest absolute Gasteiger partial charge is 0.373 e. The van der Waals surface area contributed by atoms with Crippen molar-refractivity contribution in [3.8, 4) is 0 Å². The molecule has 4 nitrogen and oxygen atoms in total. The van der Waals surface area contributed by atoms with E-state index >= 15 is 0 Å². The van der Waals surface area contributed by atoms with Gasteiger partial charge in [0.1, 0.15) is 5.69 Å². The molecule has 0 N–H and O–H groups in total. The van der Waals surface area contributed by atoms with Gasteiger partial charge < -0.3 is 4.74 Å². The molecule has 0 aliphatic carbocycles. The molecule has 1 aliphatic rings. The van der Waals surface area contributed by atoms with Crippen LogP contribution in [0.15, 0.2) is 47.5 Å². The standard InChI is InChI=1S/C18H17ClF3NO3S/c1-17(9-10-26-14(11-17)12-5-7-13(19)8-6-12)27(24,25)16-4-2-3-15(23-16)18(20,21)22/h2-8,14H,9-11H2,1H3. The molecule has 146 valence electrons. The lowest BCUT2D eigenvalue weighted by atomic mass is 9.92. The number of pyridine rings is 1. The molecule has 1 saturated heterocycles. The van der Waals surface area contributed by atoms with E-state index in [1.807, 2.05) is 0 Å². The number of nitrogens with zero attached hydrogens (tertiary/aromatic N) is 1. The summed E-state index contributed by atoms with van der Waals surface area (Å²) in [6, 6.07) is 9.75. The molecule has 0 saturated carbocycles. The number of ether oxygens (including phenoxy) is 1. The third-order valence-electron chi connectivity index (χ3n) is 4.75. The topological polar surface area (TPSA) is 56.3 Å². The molecule has 27 heavy (non-hydrogen) atoms. The van der Waals surface area contributed by atoms with Gasteiger partial charge in [-0.2, -0.15) is 13.2 Å². The zero-order chi connectivity index (χ0) is 19.9. The highest BCUT2D eigenvalue weighted by Crippen LogP contribution is 2.42. The molecule has 9 heteroatoms. The average Bonchev–Trinajstić information content (AvgIpc) is 2.61. The number of sulfone groups is 1.